The van der Waals surface area contributed by atoms with Crippen molar-refractivity contribution < 1.29 is 22.7 Å². The minimum absolute atomic E-state index is 0.170. The lowest BCUT2D eigenvalue weighted by Gasteiger charge is -2.14. The number of thiazole rings is 1. The SMILES string of the molecule is OC1CCCc2sc(-c3cccc(C(F)(F)F)c3F)nc21. The van der Waals surface area contributed by atoms with Gasteiger partial charge in [0.05, 0.1) is 17.4 Å². The molecule has 0 amide bonds. The van der Waals surface area contributed by atoms with E-state index in [1.807, 2.05) is 0 Å². The Morgan fingerprint density at radius 2 is 2.05 bits per heavy atom. The Morgan fingerprint density at radius 3 is 2.71 bits per heavy atom. The van der Waals surface area contributed by atoms with Crippen LogP contribution in [0.3, 0.4) is 0 Å². The zero-order valence-corrected chi connectivity index (χ0v) is 11.6. The van der Waals surface area contributed by atoms with Crippen molar-refractivity contribution in [1.29, 1.82) is 0 Å². The number of alkyl halides is 3. The highest BCUT2D eigenvalue weighted by Crippen LogP contribution is 2.40. The maximum Gasteiger partial charge on any atom is 0.419 e. The predicted octanol–water partition coefficient (Wildman–Crippen LogP) is 4.34. The Balaban J connectivity index is 2.10. The van der Waals surface area contributed by atoms with Crippen LogP contribution in [0.1, 0.15) is 35.1 Å². The van der Waals surface area contributed by atoms with Crippen LogP contribution in [0.15, 0.2) is 18.2 Å². The number of aromatic nitrogens is 1. The van der Waals surface area contributed by atoms with Gasteiger partial charge >= 0.3 is 6.18 Å². The van der Waals surface area contributed by atoms with Gasteiger partial charge in [-0.2, -0.15) is 13.2 Å². The molecule has 1 aliphatic rings. The minimum Gasteiger partial charge on any atom is -0.387 e. The summed E-state index contributed by atoms with van der Waals surface area (Å²) in [5.74, 6) is -1.31. The summed E-state index contributed by atoms with van der Waals surface area (Å²) in [5.41, 5.74) is -0.997. The quantitative estimate of drug-likeness (QED) is 0.794. The summed E-state index contributed by atoms with van der Waals surface area (Å²) < 4.78 is 52.3. The number of benzene rings is 1. The Morgan fingerprint density at radius 1 is 1.29 bits per heavy atom. The topological polar surface area (TPSA) is 33.1 Å². The summed E-state index contributed by atoms with van der Waals surface area (Å²) >= 11 is 1.15. The second kappa shape index (κ2) is 5.06. The van der Waals surface area contributed by atoms with E-state index in [0.717, 1.165) is 28.7 Å². The number of aliphatic hydroxyl groups excluding tert-OH is 1. The van der Waals surface area contributed by atoms with Crippen molar-refractivity contribution in [3.8, 4) is 10.6 Å². The molecule has 0 aliphatic heterocycles. The van der Waals surface area contributed by atoms with Gasteiger partial charge in [0.1, 0.15) is 10.8 Å². The van der Waals surface area contributed by atoms with E-state index in [1.54, 1.807) is 0 Å². The minimum atomic E-state index is -4.74. The van der Waals surface area contributed by atoms with Gasteiger partial charge in [0.15, 0.2) is 0 Å². The molecular weight excluding hydrogens is 306 g/mol. The van der Waals surface area contributed by atoms with E-state index in [-0.39, 0.29) is 10.6 Å². The summed E-state index contributed by atoms with van der Waals surface area (Å²) in [4.78, 5) is 4.97. The average molecular weight is 317 g/mol. The Labute approximate surface area is 122 Å². The van der Waals surface area contributed by atoms with Crippen molar-refractivity contribution >= 4 is 11.3 Å². The fourth-order valence-electron chi connectivity index (χ4n) is 2.43. The fourth-order valence-corrected chi connectivity index (χ4v) is 3.60. The van der Waals surface area contributed by atoms with E-state index >= 15 is 0 Å². The van der Waals surface area contributed by atoms with Gasteiger partial charge in [-0.1, -0.05) is 6.07 Å². The van der Waals surface area contributed by atoms with Crippen molar-refractivity contribution in [1.82, 2.24) is 4.98 Å². The van der Waals surface area contributed by atoms with E-state index in [1.165, 1.54) is 6.07 Å². The number of fused-ring (bicyclic) bond motifs is 1. The van der Waals surface area contributed by atoms with Crippen LogP contribution in [0.25, 0.3) is 10.6 Å². The van der Waals surface area contributed by atoms with Gasteiger partial charge in [0.2, 0.25) is 0 Å². The lowest BCUT2D eigenvalue weighted by molar-refractivity contribution is -0.139. The Bertz CT molecular complexity index is 680. The third-order valence-corrected chi connectivity index (χ3v) is 4.62. The zero-order valence-electron chi connectivity index (χ0n) is 10.7. The molecule has 1 atom stereocenters. The molecule has 0 bridgehead atoms. The summed E-state index contributed by atoms with van der Waals surface area (Å²) in [6, 6.07) is 3.15. The molecule has 0 saturated carbocycles. The van der Waals surface area contributed by atoms with Gasteiger partial charge in [-0.05, 0) is 31.4 Å². The molecule has 3 rings (SSSR count). The smallest absolute Gasteiger partial charge is 0.387 e. The van der Waals surface area contributed by atoms with Crippen molar-refractivity contribution in [2.75, 3.05) is 0 Å². The predicted molar refractivity (Wildman–Crippen MR) is 70.4 cm³/mol. The van der Waals surface area contributed by atoms with Gasteiger partial charge in [-0.25, -0.2) is 9.37 Å². The standard InChI is InChI=1S/C14H11F4NOS/c15-11-7(3-1-4-8(11)14(16,17)18)13-19-12-9(20)5-2-6-10(12)21-13/h1,3-4,9,20H,2,5-6H2. The molecular formula is C14H11F4NOS. The first kappa shape index (κ1) is 14.5. The monoisotopic (exact) mass is 317 g/mol. The van der Waals surface area contributed by atoms with E-state index in [9.17, 15) is 22.7 Å². The maximum atomic E-state index is 14.1. The third-order valence-electron chi connectivity index (χ3n) is 3.46. The molecule has 7 heteroatoms. The summed E-state index contributed by atoms with van der Waals surface area (Å²) in [5, 5.41) is 10.0. The maximum absolute atomic E-state index is 14.1. The molecule has 1 aromatic carbocycles. The van der Waals surface area contributed by atoms with Crippen molar-refractivity contribution in [3.05, 3.63) is 40.2 Å². The molecule has 1 aliphatic carbocycles. The largest absolute Gasteiger partial charge is 0.419 e. The van der Waals surface area contributed by atoms with Gasteiger partial charge < -0.3 is 5.11 Å². The highest BCUT2D eigenvalue weighted by Gasteiger charge is 2.35. The molecule has 0 fully saturated rings. The van der Waals surface area contributed by atoms with Crippen LogP contribution in [-0.2, 0) is 12.6 Å². The molecule has 1 heterocycles. The molecule has 112 valence electrons. The highest BCUT2D eigenvalue weighted by atomic mass is 32.1. The molecule has 2 aromatic rings. The lowest BCUT2D eigenvalue weighted by atomic mass is 10.0. The number of hydrogen-bond acceptors (Lipinski definition) is 3. The van der Waals surface area contributed by atoms with Crippen LogP contribution in [0.2, 0.25) is 0 Å². The summed E-state index contributed by atoms with van der Waals surface area (Å²) in [7, 11) is 0. The molecule has 21 heavy (non-hydrogen) atoms. The second-order valence-corrected chi connectivity index (χ2v) is 5.98. The molecule has 0 radical (unpaired) electrons. The number of halogens is 4. The first-order valence-electron chi connectivity index (χ1n) is 6.41. The van der Waals surface area contributed by atoms with Crippen molar-refractivity contribution in [2.45, 2.75) is 31.5 Å². The zero-order chi connectivity index (χ0) is 15.2. The van der Waals surface area contributed by atoms with Crippen molar-refractivity contribution in [2.24, 2.45) is 0 Å². The van der Waals surface area contributed by atoms with E-state index in [2.05, 4.69) is 4.98 Å². The van der Waals surface area contributed by atoms with E-state index in [4.69, 9.17) is 0 Å². The van der Waals surface area contributed by atoms with Crippen LogP contribution in [0.4, 0.5) is 17.6 Å². The first-order valence-corrected chi connectivity index (χ1v) is 7.23. The second-order valence-electron chi connectivity index (χ2n) is 4.90. The Kier molecular flexibility index (Phi) is 3.49. The fraction of sp³-hybridized carbons (Fsp3) is 0.357. The van der Waals surface area contributed by atoms with E-state index < -0.39 is 23.7 Å². The number of aliphatic hydroxyl groups is 1. The van der Waals surface area contributed by atoms with E-state index in [0.29, 0.717) is 24.6 Å². The Hall–Kier alpha value is -1.47. The molecule has 1 N–H and O–H groups in total. The van der Waals surface area contributed by atoms with Crippen LogP contribution >= 0.6 is 11.3 Å². The van der Waals surface area contributed by atoms with Gasteiger partial charge in [-0.3, -0.25) is 0 Å². The number of aryl methyl sites for hydroxylation is 1. The number of hydrogen-bond donors (Lipinski definition) is 1. The average Bonchev–Trinajstić information content (AvgIpc) is 2.83. The lowest BCUT2D eigenvalue weighted by Crippen LogP contribution is -2.09. The van der Waals surface area contributed by atoms with Gasteiger partial charge in [0, 0.05) is 10.4 Å². The molecule has 0 saturated heterocycles. The van der Waals surface area contributed by atoms with Crippen LogP contribution in [0.5, 0.6) is 0 Å². The molecule has 2 nitrogen and oxygen atoms in total. The van der Waals surface area contributed by atoms with Crippen LogP contribution in [-0.4, -0.2) is 10.1 Å². The summed E-state index contributed by atoms with van der Waals surface area (Å²) in [6.45, 7) is 0. The third kappa shape index (κ3) is 2.55. The molecule has 1 aromatic heterocycles. The molecule has 1 unspecified atom stereocenters. The van der Waals surface area contributed by atoms with Crippen molar-refractivity contribution in [3.63, 3.8) is 0 Å². The van der Waals surface area contributed by atoms with Gasteiger partial charge in [-0.15, -0.1) is 11.3 Å². The van der Waals surface area contributed by atoms with Crippen LogP contribution < -0.4 is 0 Å². The normalized spacial score (nSPS) is 18.6. The number of nitrogens with zero attached hydrogens (tertiary/aromatic N) is 1. The van der Waals surface area contributed by atoms with Gasteiger partial charge in [0.25, 0.3) is 0 Å². The van der Waals surface area contributed by atoms with Crippen LogP contribution in [0, 0.1) is 5.82 Å². The highest BCUT2D eigenvalue weighted by molar-refractivity contribution is 7.15. The number of rotatable bonds is 1. The summed E-state index contributed by atoms with van der Waals surface area (Å²) in [6.07, 6.45) is -3.38. The first-order chi connectivity index (χ1) is 9.88. The molecule has 0 spiro atoms.